The zero-order valence-corrected chi connectivity index (χ0v) is 25.4. The van der Waals surface area contributed by atoms with E-state index in [1.54, 1.807) is 42.6 Å². The first-order valence-electron chi connectivity index (χ1n) is 15.3. The summed E-state index contributed by atoms with van der Waals surface area (Å²) in [6, 6.07) is 19.4. The van der Waals surface area contributed by atoms with E-state index in [4.69, 9.17) is 5.73 Å². The second-order valence-electron chi connectivity index (χ2n) is 11.3. The fraction of sp³-hybridized carbons (Fsp3) is 0.229. The van der Waals surface area contributed by atoms with E-state index in [-0.39, 0.29) is 23.9 Å². The van der Waals surface area contributed by atoms with Crippen molar-refractivity contribution < 1.29 is 24.0 Å². The molecule has 1 unspecified atom stereocenters. The number of amides is 5. The number of carbonyl (C=O) groups is 5. The van der Waals surface area contributed by atoms with Crippen LogP contribution < -0.4 is 16.4 Å². The zero-order chi connectivity index (χ0) is 32.4. The molecule has 3 aromatic carbocycles. The summed E-state index contributed by atoms with van der Waals surface area (Å²) in [7, 11) is 0. The number of hydrogen-bond donors (Lipinski definition) is 3. The van der Waals surface area contributed by atoms with Crippen LogP contribution in [0.1, 0.15) is 57.3 Å². The lowest BCUT2D eigenvalue weighted by Crippen LogP contribution is -2.51. The number of imide groups is 1. The van der Waals surface area contributed by atoms with Gasteiger partial charge in [0.2, 0.25) is 5.91 Å². The number of benzene rings is 3. The van der Waals surface area contributed by atoms with Crippen LogP contribution in [-0.2, 0) is 17.9 Å². The third kappa shape index (κ3) is 5.63. The number of carbonyl (C=O) groups excluding carboxylic acids is 5. The molecule has 4 N–H and O–H groups in total. The van der Waals surface area contributed by atoms with Gasteiger partial charge in [-0.2, -0.15) is 0 Å². The third-order valence-corrected chi connectivity index (χ3v) is 8.29. The number of unbranched alkanes of at least 4 members (excludes halogenated alkanes) is 1. The highest BCUT2D eigenvalue weighted by molar-refractivity contribution is 6.21. The molecule has 1 atom stereocenters. The Kier molecular flexibility index (Phi) is 8.39. The fourth-order valence-electron chi connectivity index (χ4n) is 6.11. The molecule has 1 aliphatic rings. The van der Waals surface area contributed by atoms with Crippen LogP contribution in [0.25, 0.3) is 21.8 Å². The molecule has 11 nitrogen and oxygen atoms in total. The first kappa shape index (κ1) is 30.3. The maximum Gasteiger partial charge on any atom is 0.320 e. The summed E-state index contributed by atoms with van der Waals surface area (Å²) in [6.45, 7) is 3.59. The van der Waals surface area contributed by atoms with Gasteiger partial charge < -0.3 is 25.5 Å². The van der Waals surface area contributed by atoms with Crippen molar-refractivity contribution in [2.24, 2.45) is 5.73 Å². The zero-order valence-electron chi connectivity index (χ0n) is 25.4. The molecule has 0 saturated carbocycles. The molecule has 0 spiro atoms. The van der Waals surface area contributed by atoms with Gasteiger partial charge >= 0.3 is 6.03 Å². The van der Waals surface area contributed by atoms with Crippen molar-refractivity contribution in [2.75, 3.05) is 11.9 Å². The Morgan fingerprint density at radius 3 is 1.96 bits per heavy atom. The van der Waals surface area contributed by atoms with Crippen molar-refractivity contribution in [3.05, 3.63) is 102 Å². The third-order valence-electron chi connectivity index (χ3n) is 8.29. The average Bonchev–Trinajstić information content (AvgIpc) is 3.68. The van der Waals surface area contributed by atoms with Crippen LogP contribution in [-0.4, -0.2) is 56.2 Å². The Bertz CT molecular complexity index is 1970. The predicted octanol–water partition coefficient (Wildman–Crippen LogP) is 4.94. The molecular weight excluding hydrogens is 584 g/mol. The van der Waals surface area contributed by atoms with E-state index >= 15 is 0 Å². The van der Waals surface area contributed by atoms with Gasteiger partial charge in [-0.25, -0.2) is 4.79 Å². The number of para-hydroxylation sites is 2. The molecule has 11 heteroatoms. The van der Waals surface area contributed by atoms with Crippen LogP contribution in [0.3, 0.4) is 0 Å². The summed E-state index contributed by atoms with van der Waals surface area (Å²) >= 11 is 0. The van der Waals surface area contributed by atoms with Crippen LogP contribution in [0.4, 0.5) is 10.5 Å². The van der Waals surface area contributed by atoms with Gasteiger partial charge in [0, 0.05) is 53.9 Å². The Morgan fingerprint density at radius 1 is 0.739 bits per heavy atom. The topological polar surface area (TPSA) is 149 Å². The Hall–Kier alpha value is -5.71. The molecule has 234 valence electrons. The molecule has 0 fully saturated rings. The largest absolute Gasteiger partial charge is 0.367 e. The second-order valence-corrected chi connectivity index (χ2v) is 11.3. The number of primary amides is 1. The van der Waals surface area contributed by atoms with Crippen LogP contribution in [0.15, 0.2) is 85.2 Å². The van der Waals surface area contributed by atoms with Gasteiger partial charge in [-0.05, 0) is 43.5 Å². The molecular formula is C35H34N6O5. The molecule has 0 aliphatic carbocycles. The van der Waals surface area contributed by atoms with Crippen LogP contribution in [0.5, 0.6) is 0 Å². The maximum absolute atomic E-state index is 13.7. The van der Waals surface area contributed by atoms with E-state index in [1.165, 1.54) is 4.90 Å². The summed E-state index contributed by atoms with van der Waals surface area (Å²) in [5.41, 5.74) is 9.00. The molecule has 0 radical (unpaired) electrons. The maximum atomic E-state index is 13.7. The minimum Gasteiger partial charge on any atom is -0.367 e. The normalized spacial score (nSPS) is 13.3. The summed E-state index contributed by atoms with van der Waals surface area (Å²) < 4.78 is 3.93. The summed E-state index contributed by atoms with van der Waals surface area (Å²) in [4.78, 5) is 66.0. The molecule has 0 saturated heterocycles. The highest BCUT2D eigenvalue weighted by Gasteiger charge is 2.34. The van der Waals surface area contributed by atoms with Crippen molar-refractivity contribution in [1.82, 2.24) is 19.4 Å². The van der Waals surface area contributed by atoms with E-state index in [1.807, 2.05) is 51.7 Å². The van der Waals surface area contributed by atoms with Crippen molar-refractivity contribution >= 4 is 57.0 Å². The number of nitrogens with two attached hydrogens (primary N) is 1. The number of urea groups is 1. The van der Waals surface area contributed by atoms with Crippen molar-refractivity contribution in [3.63, 3.8) is 0 Å². The molecule has 5 amide bonds. The standard InChI is InChI=1S/C35H34N6O5/c1-2-17-39-21-27(25-14-6-8-16-29(25)39)37-35(46)38-30(32(36)43)31(42)26-20-40(28-15-7-5-11-22(26)28)18-9-10-19-41-33(44)23-12-3-4-13-24(23)34(41)45/h3-8,11-16,20-21,30H,2,9-10,17-19H2,1H3,(H2,36,43)(H2,37,38,46). The van der Waals surface area contributed by atoms with Gasteiger partial charge in [-0.3, -0.25) is 24.1 Å². The van der Waals surface area contributed by atoms with E-state index in [0.29, 0.717) is 41.6 Å². The molecule has 3 heterocycles. The molecule has 2 aromatic heterocycles. The van der Waals surface area contributed by atoms with Crippen LogP contribution in [0.2, 0.25) is 0 Å². The Morgan fingerprint density at radius 2 is 1.30 bits per heavy atom. The Labute approximate surface area is 264 Å². The van der Waals surface area contributed by atoms with Gasteiger partial charge in [0.25, 0.3) is 11.8 Å². The highest BCUT2D eigenvalue weighted by Crippen LogP contribution is 2.27. The van der Waals surface area contributed by atoms with Gasteiger partial charge in [0.1, 0.15) is 0 Å². The number of fused-ring (bicyclic) bond motifs is 3. The summed E-state index contributed by atoms with van der Waals surface area (Å²) in [6.07, 6.45) is 5.56. The van der Waals surface area contributed by atoms with Gasteiger partial charge in [0.15, 0.2) is 11.8 Å². The van der Waals surface area contributed by atoms with E-state index in [0.717, 1.165) is 29.4 Å². The molecule has 6 rings (SSSR count). The lowest BCUT2D eigenvalue weighted by molar-refractivity contribution is -0.118. The number of anilines is 1. The summed E-state index contributed by atoms with van der Waals surface area (Å²) in [5, 5.41) is 6.71. The smallest absolute Gasteiger partial charge is 0.320 e. The van der Waals surface area contributed by atoms with Crippen molar-refractivity contribution in [2.45, 2.75) is 45.3 Å². The van der Waals surface area contributed by atoms with Gasteiger partial charge in [-0.15, -0.1) is 0 Å². The number of Topliss-reactive ketones (excluding diaryl/α,β-unsaturated/α-hetero) is 1. The predicted molar refractivity (Wildman–Crippen MR) is 175 cm³/mol. The average molecular weight is 619 g/mol. The molecule has 46 heavy (non-hydrogen) atoms. The number of nitrogens with one attached hydrogen (secondary N) is 2. The van der Waals surface area contributed by atoms with Gasteiger partial charge in [-0.1, -0.05) is 55.5 Å². The number of aromatic nitrogens is 2. The number of aryl methyl sites for hydroxylation is 2. The number of rotatable bonds is 12. The first-order valence-corrected chi connectivity index (χ1v) is 15.3. The van der Waals surface area contributed by atoms with E-state index in [2.05, 4.69) is 17.6 Å². The lowest BCUT2D eigenvalue weighted by atomic mass is 10.0. The first-order chi connectivity index (χ1) is 22.3. The van der Waals surface area contributed by atoms with Crippen LogP contribution >= 0.6 is 0 Å². The van der Waals surface area contributed by atoms with Crippen LogP contribution in [0, 0.1) is 0 Å². The Balaban J connectivity index is 1.15. The highest BCUT2D eigenvalue weighted by atomic mass is 16.2. The minimum absolute atomic E-state index is 0.250. The number of ketones is 1. The SMILES string of the molecule is CCCn1cc(NC(=O)NC(C(N)=O)C(=O)c2cn(CCCCN3C(=O)c4ccccc4C3=O)c3ccccc23)c2ccccc21. The number of nitrogens with zero attached hydrogens (tertiary/aromatic N) is 3. The lowest BCUT2D eigenvalue weighted by Gasteiger charge is -2.15. The van der Waals surface area contributed by atoms with Gasteiger partial charge in [0.05, 0.1) is 22.3 Å². The second kappa shape index (κ2) is 12.7. The van der Waals surface area contributed by atoms with E-state index < -0.39 is 23.8 Å². The monoisotopic (exact) mass is 618 g/mol. The van der Waals surface area contributed by atoms with Crippen molar-refractivity contribution in [3.8, 4) is 0 Å². The minimum atomic E-state index is -1.60. The molecule has 5 aromatic rings. The van der Waals surface area contributed by atoms with E-state index in [9.17, 15) is 24.0 Å². The fourth-order valence-corrected chi connectivity index (χ4v) is 6.11. The summed E-state index contributed by atoms with van der Waals surface area (Å²) in [5.74, 6) is -2.19. The number of hydrogen-bond acceptors (Lipinski definition) is 5. The molecule has 0 bridgehead atoms. The quantitative estimate of drug-likeness (QED) is 0.0784. The van der Waals surface area contributed by atoms with Crippen molar-refractivity contribution in [1.29, 1.82) is 0 Å². The molecule has 1 aliphatic heterocycles.